The SMILES string of the molecule is Clc1ccc(N2CCN(/N=C/c3ccccc3Cl)CC2)cc1. The van der Waals surface area contributed by atoms with Gasteiger partial charge in [-0.2, -0.15) is 5.10 Å². The summed E-state index contributed by atoms with van der Waals surface area (Å²) in [6, 6.07) is 15.7. The summed E-state index contributed by atoms with van der Waals surface area (Å²) < 4.78 is 0. The molecule has 5 heteroatoms. The maximum atomic E-state index is 6.13. The lowest BCUT2D eigenvalue weighted by molar-refractivity contribution is 0.272. The van der Waals surface area contributed by atoms with Gasteiger partial charge in [-0.25, -0.2) is 0 Å². The van der Waals surface area contributed by atoms with E-state index in [2.05, 4.69) is 27.1 Å². The second kappa shape index (κ2) is 7.03. The summed E-state index contributed by atoms with van der Waals surface area (Å²) in [6.07, 6.45) is 1.83. The van der Waals surface area contributed by atoms with E-state index in [-0.39, 0.29) is 0 Å². The largest absolute Gasteiger partial charge is 0.368 e. The van der Waals surface area contributed by atoms with E-state index in [9.17, 15) is 0 Å². The fourth-order valence-corrected chi connectivity index (χ4v) is 2.76. The average molecular weight is 334 g/mol. The zero-order valence-electron chi connectivity index (χ0n) is 12.1. The normalized spacial score (nSPS) is 15.5. The molecule has 1 aliphatic rings. The van der Waals surface area contributed by atoms with E-state index in [4.69, 9.17) is 23.2 Å². The summed E-state index contributed by atoms with van der Waals surface area (Å²) >= 11 is 12.1. The quantitative estimate of drug-likeness (QED) is 0.786. The Hall–Kier alpha value is -1.71. The molecule has 0 spiro atoms. The first-order valence-corrected chi connectivity index (χ1v) is 8.02. The van der Waals surface area contributed by atoms with E-state index < -0.39 is 0 Å². The van der Waals surface area contributed by atoms with Gasteiger partial charge in [0.25, 0.3) is 0 Å². The molecule has 1 heterocycles. The molecular formula is C17H17Cl2N3. The van der Waals surface area contributed by atoms with Crippen molar-refractivity contribution in [1.29, 1.82) is 0 Å². The third-order valence-electron chi connectivity index (χ3n) is 3.71. The van der Waals surface area contributed by atoms with Crippen LogP contribution < -0.4 is 4.90 Å². The van der Waals surface area contributed by atoms with E-state index in [0.29, 0.717) is 0 Å². The summed E-state index contributed by atoms with van der Waals surface area (Å²) in [6.45, 7) is 3.68. The van der Waals surface area contributed by atoms with Gasteiger partial charge in [0.1, 0.15) is 0 Å². The Balaban J connectivity index is 1.58. The number of rotatable bonds is 3. The average Bonchev–Trinajstić information content (AvgIpc) is 2.55. The molecule has 0 bridgehead atoms. The number of piperazine rings is 1. The Morgan fingerprint density at radius 1 is 0.864 bits per heavy atom. The third-order valence-corrected chi connectivity index (χ3v) is 4.31. The van der Waals surface area contributed by atoms with Crippen molar-refractivity contribution in [3.8, 4) is 0 Å². The summed E-state index contributed by atoms with van der Waals surface area (Å²) in [4.78, 5) is 2.35. The van der Waals surface area contributed by atoms with E-state index >= 15 is 0 Å². The van der Waals surface area contributed by atoms with Crippen molar-refractivity contribution in [2.24, 2.45) is 5.10 Å². The third kappa shape index (κ3) is 3.73. The lowest BCUT2D eigenvalue weighted by Gasteiger charge is -2.34. The van der Waals surface area contributed by atoms with Crippen LogP contribution in [0, 0.1) is 0 Å². The second-order valence-corrected chi connectivity index (χ2v) is 6.03. The molecule has 3 nitrogen and oxygen atoms in total. The highest BCUT2D eigenvalue weighted by Crippen LogP contribution is 2.19. The summed E-state index contributed by atoms with van der Waals surface area (Å²) in [7, 11) is 0. The molecule has 0 aromatic heterocycles. The van der Waals surface area contributed by atoms with Gasteiger partial charge in [0.15, 0.2) is 0 Å². The maximum Gasteiger partial charge on any atom is 0.0557 e. The smallest absolute Gasteiger partial charge is 0.0557 e. The number of hydrogen-bond donors (Lipinski definition) is 0. The van der Waals surface area contributed by atoms with Gasteiger partial charge in [0, 0.05) is 34.4 Å². The van der Waals surface area contributed by atoms with Gasteiger partial charge in [-0.15, -0.1) is 0 Å². The number of hydrazone groups is 1. The van der Waals surface area contributed by atoms with Crippen molar-refractivity contribution in [2.45, 2.75) is 0 Å². The molecular weight excluding hydrogens is 317 g/mol. The molecule has 0 N–H and O–H groups in total. The Morgan fingerprint density at radius 2 is 1.55 bits per heavy atom. The van der Waals surface area contributed by atoms with Gasteiger partial charge in [-0.1, -0.05) is 41.4 Å². The fourth-order valence-electron chi connectivity index (χ4n) is 2.45. The van der Waals surface area contributed by atoms with Gasteiger partial charge in [0.05, 0.1) is 19.3 Å². The van der Waals surface area contributed by atoms with Crippen LogP contribution in [0.1, 0.15) is 5.56 Å². The highest BCUT2D eigenvalue weighted by molar-refractivity contribution is 6.33. The number of anilines is 1. The number of hydrogen-bond acceptors (Lipinski definition) is 3. The number of nitrogens with zero attached hydrogens (tertiary/aromatic N) is 3. The number of benzene rings is 2. The molecule has 1 saturated heterocycles. The van der Waals surface area contributed by atoms with E-state index in [0.717, 1.165) is 41.8 Å². The van der Waals surface area contributed by atoms with Crippen LogP contribution in [0.25, 0.3) is 0 Å². The minimum Gasteiger partial charge on any atom is -0.368 e. The first kappa shape index (κ1) is 15.2. The predicted octanol–water partition coefficient (Wildman–Crippen LogP) is 4.15. The first-order valence-electron chi connectivity index (χ1n) is 7.26. The molecule has 22 heavy (non-hydrogen) atoms. The molecule has 0 atom stereocenters. The summed E-state index contributed by atoms with van der Waals surface area (Å²) in [5.74, 6) is 0. The van der Waals surface area contributed by atoms with Crippen LogP contribution in [0.3, 0.4) is 0 Å². The molecule has 114 valence electrons. The standard InChI is InChI=1S/C17H17Cl2N3/c18-15-5-7-16(8-6-15)21-9-11-22(12-10-21)20-13-14-3-1-2-4-17(14)19/h1-8,13H,9-12H2/b20-13+. The minimum absolute atomic E-state index is 0.728. The van der Waals surface area contributed by atoms with Gasteiger partial charge in [-0.3, -0.25) is 5.01 Å². The van der Waals surface area contributed by atoms with Crippen LogP contribution in [0.2, 0.25) is 10.0 Å². The molecule has 0 unspecified atom stereocenters. The maximum absolute atomic E-state index is 6.13. The topological polar surface area (TPSA) is 18.8 Å². The second-order valence-electron chi connectivity index (χ2n) is 5.18. The van der Waals surface area contributed by atoms with Crippen molar-refractivity contribution >= 4 is 35.1 Å². The van der Waals surface area contributed by atoms with Crippen LogP contribution in [0.4, 0.5) is 5.69 Å². The summed E-state index contributed by atoms with van der Waals surface area (Å²) in [5.41, 5.74) is 2.16. The van der Waals surface area contributed by atoms with Crippen molar-refractivity contribution in [2.75, 3.05) is 31.1 Å². The van der Waals surface area contributed by atoms with Gasteiger partial charge in [-0.05, 0) is 30.3 Å². The fraction of sp³-hybridized carbons (Fsp3) is 0.235. The Bertz CT molecular complexity index is 647. The van der Waals surface area contributed by atoms with Crippen LogP contribution in [0.5, 0.6) is 0 Å². The molecule has 0 aliphatic carbocycles. The van der Waals surface area contributed by atoms with E-state index in [1.807, 2.05) is 42.6 Å². The lowest BCUT2D eigenvalue weighted by atomic mass is 10.2. The molecule has 2 aromatic carbocycles. The molecule has 1 fully saturated rings. The Morgan fingerprint density at radius 3 is 2.23 bits per heavy atom. The van der Waals surface area contributed by atoms with Gasteiger partial charge < -0.3 is 4.90 Å². The van der Waals surface area contributed by atoms with Crippen molar-refractivity contribution in [1.82, 2.24) is 5.01 Å². The number of halogens is 2. The van der Waals surface area contributed by atoms with Crippen molar-refractivity contribution in [3.05, 3.63) is 64.1 Å². The minimum atomic E-state index is 0.728. The Labute approximate surface area is 140 Å². The highest BCUT2D eigenvalue weighted by atomic mass is 35.5. The molecule has 1 aliphatic heterocycles. The van der Waals surface area contributed by atoms with Crippen LogP contribution in [-0.4, -0.2) is 37.4 Å². The van der Waals surface area contributed by atoms with Gasteiger partial charge in [0.2, 0.25) is 0 Å². The molecule has 2 aromatic rings. The molecule has 3 rings (SSSR count). The molecule has 0 amide bonds. The van der Waals surface area contributed by atoms with E-state index in [1.165, 1.54) is 5.69 Å². The van der Waals surface area contributed by atoms with Crippen LogP contribution in [-0.2, 0) is 0 Å². The lowest BCUT2D eigenvalue weighted by Crippen LogP contribution is -2.44. The van der Waals surface area contributed by atoms with Gasteiger partial charge >= 0.3 is 0 Å². The first-order chi connectivity index (χ1) is 10.7. The zero-order valence-corrected chi connectivity index (χ0v) is 13.6. The zero-order chi connectivity index (χ0) is 15.4. The van der Waals surface area contributed by atoms with E-state index in [1.54, 1.807) is 0 Å². The predicted molar refractivity (Wildman–Crippen MR) is 94.3 cm³/mol. The van der Waals surface area contributed by atoms with Crippen molar-refractivity contribution < 1.29 is 0 Å². The summed E-state index contributed by atoms with van der Waals surface area (Å²) in [5, 5.41) is 8.11. The Kier molecular flexibility index (Phi) is 4.86. The van der Waals surface area contributed by atoms with Crippen molar-refractivity contribution in [3.63, 3.8) is 0 Å². The molecule has 0 saturated carbocycles. The van der Waals surface area contributed by atoms with Crippen LogP contribution in [0.15, 0.2) is 53.6 Å². The highest BCUT2D eigenvalue weighted by Gasteiger charge is 2.15. The van der Waals surface area contributed by atoms with Crippen LogP contribution >= 0.6 is 23.2 Å². The molecule has 0 radical (unpaired) electrons. The monoisotopic (exact) mass is 333 g/mol.